The molecule has 1 rings (SSSR count). The van der Waals surface area contributed by atoms with Gasteiger partial charge in [-0.05, 0) is 19.3 Å². The number of nitrogens with one attached hydrogen (secondary N) is 2. The summed E-state index contributed by atoms with van der Waals surface area (Å²) in [5, 5.41) is 5.40. The van der Waals surface area contributed by atoms with Gasteiger partial charge in [0.05, 0.1) is 0 Å². The van der Waals surface area contributed by atoms with E-state index in [0.717, 1.165) is 17.7 Å². The van der Waals surface area contributed by atoms with Crippen LogP contribution < -0.4 is 10.6 Å². The summed E-state index contributed by atoms with van der Waals surface area (Å²) in [6.45, 7) is 6.11. The molecule has 2 N–H and O–H groups in total. The molecule has 0 bridgehead atoms. The van der Waals surface area contributed by atoms with Crippen LogP contribution in [0.15, 0.2) is 0 Å². The molecule has 0 aromatic rings. The van der Waals surface area contributed by atoms with Gasteiger partial charge in [0, 0.05) is 6.54 Å². The van der Waals surface area contributed by atoms with Crippen LogP contribution in [0.5, 0.6) is 0 Å². The number of imide groups is 1. The largest absolute Gasteiger partial charge is 0.355 e. The summed E-state index contributed by atoms with van der Waals surface area (Å²) in [5.41, 5.74) is -0.833. The van der Waals surface area contributed by atoms with E-state index in [4.69, 9.17) is 0 Å². The van der Waals surface area contributed by atoms with Crippen LogP contribution in [-0.4, -0.2) is 41.4 Å². The average molecular weight is 269 g/mol. The molecular weight excluding hydrogens is 246 g/mol. The molecule has 0 spiro atoms. The van der Waals surface area contributed by atoms with Crippen LogP contribution in [-0.2, 0) is 9.59 Å². The zero-order valence-electron chi connectivity index (χ0n) is 11.9. The summed E-state index contributed by atoms with van der Waals surface area (Å²) in [6.07, 6.45) is 2.93. The molecule has 19 heavy (non-hydrogen) atoms. The van der Waals surface area contributed by atoms with Gasteiger partial charge in [0.25, 0.3) is 5.91 Å². The van der Waals surface area contributed by atoms with Gasteiger partial charge in [-0.2, -0.15) is 0 Å². The Balaban J connectivity index is 2.62. The maximum Gasteiger partial charge on any atom is 0.325 e. The molecule has 0 unspecified atom stereocenters. The lowest BCUT2D eigenvalue weighted by molar-refractivity contribution is -0.135. The van der Waals surface area contributed by atoms with Crippen molar-refractivity contribution in [3.63, 3.8) is 0 Å². The quantitative estimate of drug-likeness (QED) is 0.535. The lowest BCUT2D eigenvalue weighted by Crippen LogP contribution is -2.46. The SMILES string of the molecule is CCCCNC(=O)CN1C(=O)NC(CC)(CC)C1=O. The van der Waals surface area contributed by atoms with Crippen LogP contribution >= 0.6 is 0 Å². The number of carbonyl (C=O) groups is 3. The smallest absolute Gasteiger partial charge is 0.325 e. The van der Waals surface area contributed by atoms with E-state index in [1.54, 1.807) is 0 Å². The van der Waals surface area contributed by atoms with Crippen molar-refractivity contribution in [3.05, 3.63) is 0 Å². The number of hydrogen-bond acceptors (Lipinski definition) is 3. The second-order valence-electron chi connectivity index (χ2n) is 4.81. The number of unbranched alkanes of at least 4 members (excludes halogenated alkanes) is 1. The second-order valence-corrected chi connectivity index (χ2v) is 4.81. The average Bonchev–Trinajstić information content (AvgIpc) is 2.64. The van der Waals surface area contributed by atoms with Crippen molar-refractivity contribution < 1.29 is 14.4 Å². The molecular formula is C13H23N3O3. The van der Waals surface area contributed by atoms with E-state index >= 15 is 0 Å². The minimum Gasteiger partial charge on any atom is -0.355 e. The Kier molecular flexibility index (Phi) is 5.32. The van der Waals surface area contributed by atoms with Crippen LogP contribution in [0, 0.1) is 0 Å². The molecule has 0 aliphatic carbocycles. The topological polar surface area (TPSA) is 78.5 Å². The Morgan fingerprint density at radius 2 is 1.89 bits per heavy atom. The normalized spacial score (nSPS) is 17.5. The van der Waals surface area contributed by atoms with Crippen molar-refractivity contribution in [1.29, 1.82) is 0 Å². The van der Waals surface area contributed by atoms with Crippen LogP contribution in [0.3, 0.4) is 0 Å². The fourth-order valence-corrected chi connectivity index (χ4v) is 2.15. The molecule has 0 radical (unpaired) electrons. The van der Waals surface area contributed by atoms with E-state index in [1.165, 1.54) is 0 Å². The van der Waals surface area contributed by atoms with Crippen LogP contribution in [0.2, 0.25) is 0 Å². The predicted molar refractivity (Wildman–Crippen MR) is 71.5 cm³/mol. The molecule has 1 fully saturated rings. The number of hydrogen-bond donors (Lipinski definition) is 2. The highest BCUT2D eigenvalue weighted by molar-refractivity contribution is 6.08. The Labute approximate surface area is 113 Å². The fourth-order valence-electron chi connectivity index (χ4n) is 2.15. The summed E-state index contributed by atoms with van der Waals surface area (Å²) < 4.78 is 0. The highest BCUT2D eigenvalue weighted by Crippen LogP contribution is 2.24. The summed E-state index contributed by atoms with van der Waals surface area (Å²) in [6, 6.07) is -0.473. The van der Waals surface area contributed by atoms with Gasteiger partial charge < -0.3 is 10.6 Å². The minimum atomic E-state index is -0.833. The molecule has 6 nitrogen and oxygen atoms in total. The minimum absolute atomic E-state index is 0.198. The third-order valence-electron chi connectivity index (χ3n) is 3.61. The van der Waals surface area contributed by atoms with Crippen LogP contribution in [0.1, 0.15) is 46.5 Å². The van der Waals surface area contributed by atoms with Crippen LogP contribution in [0.4, 0.5) is 4.79 Å². The summed E-state index contributed by atoms with van der Waals surface area (Å²) in [7, 11) is 0. The van der Waals surface area contributed by atoms with Gasteiger partial charge in [-0.15, -0.1) is 0 Å². The Bertz CT molecular complexity index is 364. The molecule has 108 valence electrons. The van der Waals surface area contributed by atoms with E-state index in [1.807, 2.05) is 20.8 Å². The van der Waals surface area contributed by atoms with Crippen LogP contribution in [0.25, 0.3) is 0 Å². The van der Waals surface area contributed by atoms with Gasteiger partial charge in [0.15, 0.2) is 0 Å². The van der Waals surface area contributed by atoms with Crippen molar-refractivity contribution >= 4 is 17.8 Å². The number of nitrogens with zero attached hydrogens (tertiary/aromatic N) is 1. The van der Waals surface area contributed by atoms with Gasteiger partial charge in [-0.1, -0.05) is 27.2 Å². The molecule has 0 aromatic carbocycles. The Hall–Kier alpha value is -1.59. The number of rotatable bonds is 7. The first-order valence-corrected chi connectivity index (χ1v) is 6.91. The first-order valence-electron chi connectivity index (χ1n) is 6.91. The molecule has 1 aliphatic heterocycles. The van der Waals surface area contributed by atoms with E-state index < -0.39 is 11.6 Å². The second kappa shape index (κ2) is 6.54. The third kappa shape index (κ3) is 3.24. The lowest BCUT2D eigenvalue weighted by Gasteiger charge is -2.22. The zero-order valence-corrected chi connectivity index (χ0v) is 11.9. The fraction of sp³-hybridized carbons (Fsp3) is 0.769. The van der Waals surface area contributed by atoms with Crippen molar-refractivity contribution in [2.75, 3.05) is 13.1 Å². The lowest BCUT2D eigenvalue weighted by atomic mass is 9.93. The first-order chi connectivity index (χ1) is 9.00. The van der Waals surface area contributed by atoms with Crippen molar-refractivity contribution in [2.45, 2.75) is 52.0 Å². The predicted octanol–water partition coefficient (Wildman–Crippen LogP) is 1.01. The molecule has 6 heteroatoms. The Morgan fingerprint density at radius 1 is 1.26 bits per heavy atom. The third-order valence-corrected chi connectivity index (χ3v) is 3.61. The van der Waals surface area contributed by atoms with Gasteiger partial charge in [-0.3, -0.25) is 14.5 Å². The maximum absolute atomic E-state index is 12.2. The molecule has 4 amide bonds. The summed E-state index contributed by atoms with van der Waals surface area (Å²) in [4.78, 5) is 36.7. The monoisotopic (exact) mass is 269 g/mol. The standard InChI is InChI=1S/C13H23N3O3/c1-4-7-8-14-10(17)9-16-11(18)13(5-2,6-3)15-12(16)19/h4-9H2,1-3H3,(H,14,17)(H,15,19). The van der Waals surface area contributed by atoms with E-state index in [0.29, 0.717) is 19.4 Å². The molecule has 0 saturated carbocycles. The van der Waals surface area contributed by atoms with Gasteiger partial charge >= 0.3 is 6.03 Å². The van der Waals surface area contributed by atoms with Crippen molar-refractivity contribution in [3.8, 4) is 0 Å². The Morgan fingerprint density at radius 3 is 2.37 bits per heavy atom. The number of amides is 4. The van der Waals surface area contributed by atoms with Gasteiger partial charge in [-0.25, -0.2) is 4.79 Å². The molecule has 0 atom stereocenters. The van der Waals surface area contributed by atoms with Gasteiger partial charge in [0.2, 0.25) is 5.91 Å². The van der Waals surface area contributed by atoms with Crippen molar-refractivity contribution in [2.24, 2.45) is 0 Å². The first kappa shape index (κ1) is 15.5. The highest BCUT2D eigenvalue weighted by Gasteiger charge is 2.49. The van der Waals surface area contributed by atoms with Crippen molar-refractivity contribution in [1.82, 2.24) is 15.5 Å². The summed E-state index contributed by atoms with van der Waals surface area (Å²) in [5.74, 6) is -0.590. The maximum atomic E-state index is 12.2. The molecule has 1 heterocycles. The van der Waals surface area contributed by atoms with E-state index in [2.05, 4.69) is 10.6 Å². The van der Waals surface area contributed by atoms with E-state index in [-0.39, 0.29) is 18.4 Å². The summed E-state index contributed by atoms with van der Waals surface area (Å²) >= 11 is 0. The van der Waals surface area contributed by atoms with E-state index in [9.17, 15) is 14.4 Å². The molecule has 0 aromatic heterocycles. The zero-order chi connectivity index (χ0) is 14.5. The van der Waals surface area contributed by atoms with Gasteiger partial charge in [0.1, 0.15) is 12.1 Å². The number of carbonyl (C=O) groups excluding carboxylic acids is 3. The molecule has 1 aliphatic rings. The highest BCUT2D eigenvalue weighted by atomic mass is 16.2. The molecule has 1 saturated heterocycles. The number of urea groups is 1.